The summed E-state index contributed by atoms with van der Waals surface area (Å²) >= 11 is 0. The van der Waals surface area contributed by atoms with Crippen LogP contribution >= 0.6 is 0 Å². The van der Waals surface area contributed by atoms with Crippen molar-refractivity contribution >= 4 is 16.9 Å². The number of ether oxygens (including phenoxy) is 1. The van der Waals surface area contributed by atoms with Crippen molar-refractivity contribution < 1.29 is 9.53 Å². The number of carbonyl (C=O) groups excluding carboxylic acids is 1. The molecular weight excluding hydrogens is 230 g/mol. The van der Waals surface area contributed by atoms with Crippen molar-refractivity contribution in [2.75, 3.05) is 13.7 Å². The highest BCUT2D eigenvalue weighted by Gasteiger charge is 2.04. The third-order valence-electron chi connectivity index (χ3n) is 2.64. The largest absolute Gasteiger partial charge is 0.385 e. The van der Waals surface area contributed by atoms with Crippen molar-refractivity contribution in [1.82, 2.24) is 15.3 Å². The van der Waals surface area contributed by atoms with Gasteiger partial charge < -0.3 is 15.0 Å². The van der Waals surface area contributed by atoms with Crippen LogP contribution in [0.1, 0.15) is 18.7 Å². The molecule has 96 valence electrons. The maximum absolute atomic E-state index is 11.5. The summed E-state index contributed by atoms with van der Waals surface area (Å²) in [7, 11) is 1.63. The van der Waals surface area contributed by atoms with Crippen molar-refractivity contribution in [3.05, 3.63) is 30.1 Å². The van der Waals surface area contributed by atoms with E-state index < -0.39 is 0 Å². The first-order valence-corrected chi connectivity index (χ1v) is 5.99. The van der Waals surface area contributed by atoms with Crippen LogP contribution < -0.4 is 5.32 Å². The first kappa shape index (κ1) is 12.6. The first-order valence-electron chi connectivity index (χ1n) is 5.99. The normalized spacial score (nSPS) is 10.7. The zero-order chi connectivity index (χ0) is 12.8. The van der Waals surface area contributed by atoms with Crippen molar-refractivity contribution in [2.45, 2.75) is 19.4 Å². The number of carbonyl (C=O) groups is 1. The predicted octanol–water partition coefficient (Wildman–Crippen LogP) is 1.61. The van der Waals surface area contributed by atoms with E-state index in [4.69, 9.17) is 4.74 Å². The van der Waals surface area contributed by atoms with E-state index in [-0.39, 0.29) is 5.91 Å². The number of benzene rings is 1. The zero-order valence-electron chi connectivity index (χ0n) is 10.4. The molecule has 0 aliphatic rings. The van der Waals surface area contributed by atoms with Crippen molar-refractivity contribution in [1.29, 1.82) is 0 Å². The molecule has 2 N–H and O–H groups in total. The Balaban J connectivity index is 1.84. The lowest BCUT2D eigenvalue weighted by atomic mass is 10.3. The van der Waals surface area contributed by atoms with E-state index in [1.54, 1.807) is 7.11 Å². The minimum atomic E-state index is 0.0208. The van der Waals surface area contributed by atoms with Gasteiger partial charge in [0.15, 0.2) is 0 Å². The standard InChI is InChI=1S/C13H17N3O2/c1-18-8-4-7-13(17)14-9-12-15-10-5-2-3-6-11(10)16-12/h2-3,5-6H,4,7-9H2,1H3,(H,14,17)(H,15,16). The summed E-state index contributed by atoms with van der Waals surface area (Å²) < 4.78 is 4.90. The predicted molar refractivity (Wildman–Crippen MR) is 69.1 cm³/mol. The molecule has 0 spiro atoms. The Morgan fingerprint density at radius 3 is 3.06 bits per heavy atom. The maximum Gasteiger partial charge on any atom is 0.220 e. The fourth-order valence-corrected chi connectivity index (χ4v) is 1.74. The number of hydrogen-bond acceptors (Lipinski definition) is 3. The Bertz CT molecular complexity index is 489. The second kappa shape index (κ2) is 6.16. The number of para-hydroxylation sites is 2. The molecule has 1 amide bonds. The van der Waals surface area contributed by atoms with Gasteiger partial charge in [0.2, 0.25) is 5.91 Å². The molecule has 0 fully saturated rings. The summed E-state index contributed by atoms with van der Waals surface area (Å²) in [6, 6.07) is 7.80. The highest BCUT2D eigenvalue weighted by molar-refractivity contribution is 5.76. The second-order valence-electron chi connectivity index (χ2n) is 4.07. The number of imidazole rings is 1. The summed E-state index contributed by atoms with van der Waals surface area (Å²) in [5, 5.41) is 2.83. The van der Waals surface area contributed by atoms with Crippen molar-refractivity contribution in [2.24, 2.45) is 0 Å². The minimum Gasteiger partial charge on any atom is -0.385 e. The lowest BCUT2D eigenvalue weighted by Crippen LogP contribution is -2.23. The zero-order valence-corrected chi connectivity index (χ0v) is 10.4. The summed E-state index contributed by atoms with van der Waals surface area (Å²) in [5.74, 6) is 0.795. The van der Waals surface area contributed by atoms with Crippen LogP contribution in [0.15, 0.2) is 24.3 Å². The fraction of sp³-hybridized carbons (Fsp3) is 0.385. The molecule has 18 heavy (non-hydrogen) atoms. The van der Waals surface area contributed by atoms with Crippen LogP contribution in [0.5, 0.6) is 0 Å². The third-order valence-corrected chi connectivity index (χ3v) is 2.64. The van der Waals surface area contributed by atoms with Crippen LogP contribution in [0.2, 0.25) is 0 Å². The van der Waals surface area contributed by atoms with Crippen LogP contribution in [-0.4, -0.2) is 29.6 Å². The van der Waals surface area contributed by atoms with Gasteiger partial charge in [0.05, 0.1) is 17.6 Å². The van der Waals surface area contributed by atoms with E-state index in [9.17, 15) is 4.79 Å². The first-order chi connectivity index (χ1) is 8.79. The van der Waals surface area contributed by atoms with Gasteiger partial charge in [0.25, 0.3) is 0 Å². The van der Waals surface area contributed by atoms with Crippen LogP contribution in [0.25, 0.3) is 11.0 Å². The Labute approximate surface area is 106 Å². The summed E-state index contributed by atoms with van der Waals surface area (Å²) in [5.41, 5.74) is 1.90. The lowest BCUT2D eigenvalue weighted by Gasteiger charge is -2.02. The van der Waals surface area contributed by atoms with Gasteiger partial charge in [0.1, 0.15) is 5.82 Å². The highest BCUT2D eigenvalue weighted by atomic mass is 16.5. The quantitative estimate of drug-likeness (QED) is 0.762. The van der Waals surface area contributed by atoms with Crippen molar-refractivity contribution in [3.63, 3.8) is 0 Å². The Hall–Kier alpha value is -1.88. The van der Waals surface area contributed by atoms with Crippen LogP contribution in [0.3, 0.4) is 0 Å². The molecule has 0 saturated carbocycles. The minimum absolute atomic E-state index is 0.0208. The average molecular weight is 247 g/mol. The number of methoxy groups -OCH3 is 1. The van der Waals surface area contributed by atoms with Gasteiger partial charge in [-0.15, -0.1) is 0 Å². The summed E-state index contributed by atoms with van der Waals surface area (Å²) in [4.78, 5) is 19.1. The fourth-order valence-electron chi connectivity index (χ4n) is 1.74. The van der Waals surface area contributed by atoms with Crippen LogP contribution in [0.4, 0.5) is 0 Å². The number of aromatic nitrogens is 2. The van der Waals surface area contributed by atoms with E-state index in [0.29, 0.717) is 19.6 Å². The van der Waals surface area contributed by atoms with E-state index in [0.717, 1.165) is 23.3 Å². The van der Waals surface area contributed by atoms with Gasteiger partial charge in [-0.1, -0.05) is 12.1 Å². The molecule has 2 aromatic rings. The van der Waals surface area contributed by atoms with Crippen LogP contribution in [-0.2, 0) is 16.1 Å². The van der Waals surface area contributed by atoms with Gasteiger partial charge in [-0.3, -0.25) is 4.79 Å². The Kier molecular flexibility index (Phi) is 4.30. The number of fused-ring (bicyclic) bond motifs is 1. The van der Waals surface area contributed by atoms with Gasteiger partial charge in [-0.25, -0.2) is 4.98 Å². The Morgan fingerprint density at radius 2 is 2.28 bits per heavy atom. The molecule has 0 radical (unpaired) electrons. The molecule has 0 atom stereocenters. The van der Waals surface area contributed by atoms with Gasteiger partial charge in [-0.2, -0.15) is 0 Å². The number of nitrogens with one attached hydrogen (secondary N) is 2. The van der Waals surface area contributed by atoms with Gasteiger partial charge >= 0.3 is 0 Å². The summed E-state index contributed by atoms with van der Waals surface area (Å²) in [6.07, 6.45) is 1.22. The monoisotopic (exact) mass is 247 g/mol. The number of nitrogens with zero attached hydrogens (tertiary/aromatic N) is 1. The molecule has 0 aliphatic carbocycles. The van der Waals surface area contributed by atoms with E-state index >= 15 is 0 Å². The third kappa shape index (κ3) is 3.30. The highest BCUT2D eigenvalue weighted by Crippen LogP contribution is 2.09. The lowest BCUT2D eigenvalue weighted by molar-refractivity contribution is -0.121. The summed E-state index contributed by atoms with van der Waals surface area (Å²) in [6.45, 7) is 1.04. The molecule has 0 saturated heterocycles. The van der Waals surface area contributed by atoms with Crippen molar-refractivity contribution in [3.8, 4) is 0 Å². The molecule has 0 aliphatic heterocycles. The topological polar surface area (TPSA) is 67.0 Å². The average Bonchev–Trinajstić information content (AvgIpc) is 2.79. The molecule has 0 bridgehead atoms. The molecule has 1 aromatic heterocycles. The van der Waals surface area contributed by atoms with E-state index in [1.807, 2.05) is 24.3 Å². The smallest absolute Gasteiger partial charge is 0.220 e. The maximum atomic E-state index is 11.5. The Morgan fingerprint density at radius 1 is 1.44 bits per heavy atom. The molecule has 0 unspecified atom stereocenters. The molecule has 5 nitrogen and oxygen atoms in total. The number of H-pyrrole nitrogens is 1. The second-order valence-corrected chi connectivity index (χ2v) is 4.07. The molecule has 2 rings (SSSR count). The van der Waals surface area contributed by atoms with E-state index in [1.165, 1.54) is 0 Å². The number of amides is 1. The van der Waals surface area contributed by atoms with Gasteiger partial charge in [-0.05, 0) is 18.6 Å². The van der Waals surface area contributed by atoms with E-state index in [2.05, 4.69) is 15.3 Å². The number of aromatic amines is 1. The van der Waals surface area contributed by atoms with Gasteiger partial charge in [0, 0.05) is 20.1 Å². The number of rotatable bonds is 6. The molecular formula is C13H17N3O2. The molecule has 1 heterocycles. The van der Waals surface area contributed by atoms with Crippen LogP contribution in [0, 0.1) is 0 Å². The molecule has 5 heteroatoms. The number of hydrogen-bond donors (Lipinski definition) is 2. The SMILES string of the molecule is COCCCC(=O)NCc1nc2ccccc2[nH]1. The molecule has 1 aromatic carbocycles.